The molecule has 8 nitrogen and oxygen atoms in total. The number of piperidine rings is 1. The summed E-state index contributed by atoms with van der Waals surface area (Å²) in [6, 6.07) is -0.289. The number of hydrogen-bond donors (Lipinski definition) is 1. The van der Waals surface area contributed by atoms with E-state index >= 15 is 0 Å². The van der Waals surface area contributed by atoms with Gasteiger partial charge in [0.2, 0.25) is 0 Å². The fourth-order valence-corrected chi connectivity index (χ4v) is 2.68. The van der Waals surface area contributed by atoms with Crippen LogP contribution >= 0.6 is 0 Å². The standard InChI is InChI=1S/C18H32N2O6/c1-17(2,3)25-15(22)19-13-8-9-20(16(23)26-18(4,5)6)11-12(13)10-14(21)24-7/h12-13H,8-11H2,1-7H3,(H,19,22)/t12-,13+/m0/s1. The van der Waals surface area contributed by atoms with E-state index in [1.54, 1.807) is 46.4 Å². The predicted molar refractivity (Wildman–Crippen MR) is 95.7 cm³/mol. The van der Waals surface area contributed by atoms with Crippen LogP contribution in [0.1, 0.15) is 54.4 Å². The number of nitrogens with one attached hydrogen (secondary N) is 1. The first-order chi connectivity index (χ1) is 11.8. The summed E-state index contributed by atoms with van der Waals surface area (Å²) >= 11 is 0. The van der Waals surface area contributed by atoms with Crippen LogP contribution in [0.2, 0.25) is 0 Å². The van der Waals surface area contributed by atoms with Crippen molar-refractivity contribution in [2.24, 2.45) is 5.92 Å². The van der Waals surface area contributed by atoms with Gasteiger partial charge in [0, 0.05) is 25.0 Å². The minimum atomic E-state index is -0.612. The molecule has 8 heteroatoms. The molecule has 0 aliphatic carbocycles. The van der Waals surface area contributed by atoms with Crippen LogP contribution in [0.15, 0.2) is 0 Å². The van der Waals surface area contributed by atoms with Crippen LogP contribution in [0.4, 0.5) is 9.59 Å². The van der Waals surface area contributed by atoms with E-state index in [1.807, 2.05) is 0 Å². The Labute approximate surface area is 155 Å². The number of nitrogens with zero attached hydrogens (tertiary/aromatic N) is 1. The third-order valence-corrected chi connectivity index (χ3v) is 3.74. The zero-order valence-corrected chi connectivity index (χ0v) is 16.9. The molecular weight excluding hydrogens is 340 g/mol. The van der Waals surface area contributed by atoms with Crippen molar-refractivity contribution < 1.29 is 28.6 Å². The number of methoxy groups -OCH3 is 1. The molecule has 0 aromatic heterocycles. The highest BCUT2D eigenvalue weighted by atomic mass is 16.6. The summed E-state index contributed by atoms with van der Waals surface area (Å²) < 4.78 is 15.4. The van der Waals surface area contributed by atoms with Gasteiger partial charge in [-0.05, 0) is 48.0 Å². The van der Waals surface area contributed by atoms with Crippen LogP contribution in [-0.2, 0) is 19.0 Å². The van der Waals surface area contributed by atoms with Crippen molar-refractivity contribution in [2.75, 3.05) is 20.2 Å². The minimum Gasteiger partial charge on any atom is -0.469 e. The highest BCUT2D eigenvalue weighted by molar-refractivity contribution is 5.72. The second-order valence-electron chi connectivity index (χ2n) is 8.51. The van der Waals surface area contributed by atoms with Gasteiger partial charge < -0.3 is 24.4 Å². The molecule has 0 bridgehead atoms. The van der Waals surface area contributed by atoms with Gasteiger partial charge in [-0.25, -0.2) is 9.59 Å². The predicted octanol–water partition coefficient (Wildman–Crippen LogP) is 2.70. The first-order valence-electron chi connectivity index (χ1n) is 8.85. The summed E-state index contributed by atoms with van der Waals surface area (Å²) in [5.74, 6) is -0.673. The van der Waals surface area contributed by atoms with Gasteiger partial charge in [0.25, 0.3) is 0 Å². The number of amides is 2. The van der Waals surface area contributed by atoms with Gasteiger partial charge in [0.15, 0.2) is 0 Å². The lowest BCUT2D eigenvalue weighted by atomic mass is 9.89. The Kier molecular flexibility index (Phi) is 7.29. The Hall–Kier alpha value is -1.99. The highest BCUT2D eigenvalue weighted by Crippen LogP contribution is 2.23. The van der Waals surface area contributed by atoms with Gasteiger partial charge in [-0.3, -0.25) is 4.79 Å². The average Bonchev–Trinajstić information content (AvgIpc) is 2.45. The number of carbonyl (C=O) groups is 3. The van der Waals surface area contributed by atoms with Gasteiger partial charge in [0.05, 0.1) is 13.5 Å². The number of likely N-dealkylation sites (tertiary alicyclic amines) is 1. The van der Waals surface area contributed by atoms with Gasteiger partial charge in [-0.1, -0.05) is 0 Å². The fourth-order valence-electron chi connectivity index (χ4n) is 2.68. The Bertz CT molecular complexity index is 521. The van der Waals surface area contributed by atoms with Crippen molar-refractivity contribution in [3.05, 3.63) is 0 Å². The molecule has 0 aromatic carbocycles. The molecule has 1 fully saturated rings. The second kappa shape index (κ2) is 8.60. The molecule has 0 radical (unpaired) electrons. The summed E-state index contributed by atoms with van der Waals surface area (Å²) in [4.78, 5) is 37.7. The summed E-state index contributed by atoms with van der Waals surface area (Å²) in [7, 11) is 1.31. The van der Waals surface area contributed by atoms with E-state index in [4.69, 9.17) is 14.2 Å². The Morgan fingerprint density at radius 1 is 1.04 bits per heavy atom. The lowest BCUT2D eigenvalue weighted by Gasteiger charge is -2.39. The lowest BCUT2D eigenvalue weighted by Crippen LogP contribution is -2.54. The van der Waals surface area contributed by atoms with Crippen LogP contribution in [-0.4, -0.2) is 60.5 Å². The van der Waals surface area contributed by atoms with E-state index < -0.39 is 29.4 Å². The van der Waals surface area contributed by atoms with Crippen molar-refractivity contribution >= 4 is 18.2 Å². The van der Waals surface area contributed by atoms with Gasteiger partial charge in [-0.15, -0.1) is 0 Å². The van der Waals surface area contributed by atoms with Crippen LogP contribution in [0, 0.1) is 5.92 Å². The van der Waals surface area contributed by atoms with E-state index in [-0.39, 0.29) is 18.4 Å². The monoisotopic (exact) mass is 372 g/mol. The maximum atomic E-state index is 12.3. The van der Waals surface area contributed by atoms with E-state index in [0.29, 0.717) is 19.5 Å². The van der Waals surface area contributed by atoms with Crippen LogP contribution in [0.25, 0.3) is 0 Å². The Morgan fingerprint density at radius 3 is 2.12 bits per heavy atom. The molecule has 0 saturated carbocycles. The van der Waals surface area contributed by atoms with Crippen LogP contribution in [0.5, 0.6) is 0 Å². The molecule has 1 aliphatic rings. The molecule has 1 saturated heterocycles. The summed E-state index contributed by atoms with van der Waals surface area (Å²) in [5, 5.41) is 2.81. The first kappa shape index (κ1) is 22.1. The van der Waals surface area contributed by atoms with Crippen molar-refractivity contribution in [3.8, 4) is 0 Å². The normalized spacial score (nSPS) is 21.0. The zero-order chi connectivity index (χ0) is 20.1. The number of rotatable bonds is 3. The average molecular weight is 372 g/mol. The maximum Gasteiger partial charge on any atom is 0.410 e. The Balaban J connectivity index is 2.78. The van der Waals surface area contributed by atoms with Gasteiger partial charge in [0.1, 0.15) is 11.2 Å². The molecule has 2 amide bonds. The third-order valence-electron chi connectivity index (χ3n) is 3.74. The van der Waals surface area contributed by atoms with Gasteiger partial charge >= 0.3 is 18.2 Å². The lowest BCUT2D eigenvalue weighted by molar-refractivity contribution is -0.142. The first-order valence-corrected chi connectivity index (χ1v) is 8.85. The molecule has 1 aliphatic heterocycles. The van der Waals surface area contributed by atoms with Crippen LogP contribution in [0.3, 0.4) is 0 Å². The molecule has 26 heavy (non-hydrogen) atoms. The third kappa shape index (κ3) is 7.93. The van der Waals surface area contributed by atoms with Crippen molar-refractivity contribution in [2.45, 2.75) is 71.6 Å². The molecule has 150 valence electrons. The number of hydrogen-bond acceptors (Lipinski definition) is 6. The van der Waals surface area contributed by atoms with Crippen molar-refractivity contribution in [3.63, 3.8) is 0 Å². The zero-order valence-electron chi connectivity index (χ0n) is 16.9. The van der Waals surface area contributed by atoms with Crippen LogP contribution < -0.4 is 5.32 Å². The summed E-state index contributed by atoms with van der Waals surface area (Å²) in [5.41, 5.74) is -1.21. The van der Waals surface area contributed by atoms with E-state index in [1.165, 1.54) is 7.11 Å². The number of alkyl carbamates (subject to hydrolysis) is 1. The highest BCUT2D eigenvalue weighted by Gasteiger charge is 2.36. The Morgan fingerprint density at radius 2 is 1.62 bits per heavy atom. The molecule has 0 aromatic rings. The maximum absolute atomic E-state index is 12.3. The summed E-state index contributed by atoms with van der Waals surface area (Å²) in [6.45, 7) is 11.5. The molecule has 1 rings (SSSR count). The van der Waals surface area contributed by atoms with Gasteiger partial charge in [-0.2, -0.15) is 0 Å². The quantitative estimate of drug-likeness (QED) is 0.605. The smallest absolute Gasteiger partial charge is 0.410 e. The minimum absolute atomic E-state index is 0.0935. The summed E-state index contributed by atoms with van der Waals surface area (Å²) in [6.07, 6.45) is -0.373. The molecule has 1 N–H and O–H groups in total. The molecule has 2 atom stereocenters. The SMILES string of the molecule is COC(=O)C[C@H]1CN(C(=O)OC(C)(C)C)CC[C@H]1NC(=O)OC(C)(C)C. The number of carbonyl (C=O) groups excluding carboxylic acids is 3. The van der Waals surface area contributed by atoms with E-state index in [9.17, 15) is 14.4 Å². The topological polar surface area (TPSA) is 94.2 Å². The molecule has 0 spiro atoms. The second-order valence-corrected chi connectivity index (χ2v) is 8.51. The van der Waals surface area contributed by atoms with Crippen molar-refractivity contribution in [1.82, 2.24) is 10.2 Å². The molecule has 0 unspecified atom stereocenters. The van der Waals surface area contributed by atoms with E-state index in [2.05, 4.69) is 5.32 Å². The largest absolute Gasteiger partial charge is 0.469 e. The molecular formula is C18H32N2O6. The fraction of sp³-hybridized carbons (Fsp3) is 0.833. The number of ether oxygens (including phenoxy) is 3. The van der Waals surface area contributed by atoms with E-state index in [0.717, 1.165) is 0 Å². The van der Waals surface area contributed by atoms with Crippen molar-refractivity contribution in [1.29, 1.82) is 0 Å². The number of esters is 1. The molecule has 1 heterocycles.